The van der Waals surface area contributed by atoms with Gasteiger partial charge in [-0.15, -0.1) is 0 Å². The Balaban J connectivity index is 2.06. The van der Waals surface area contributed by atoms with Gasteiger partial charge in [0.15, 0.2) is 0 Å². The van der Waals surface area contributed by atoms with Gasteiger partial charge in [0.05, 0.1) is 12.2 Å². The first-order valence-corrected chi connectivity index (χ1v) is 12.3. The molecular formula is C11H20N3O12P3. The van der Waals surface area contributed by atoms with Gasteiger partial charge in [-0.2, -0.15) is 13.6 Å². The molecule has 18 heteroatoms. The predicted molar refractivity (Wildman–Crippen MR) is 95.0 cm³/mol. The third-order valence-electron chi connectivity index (χ3n) is 3.72. The molecular weight excluding hydrogens is 459 g/mol. The van der Waals surface area contributed by atoms with Crippen LogP contribution in [0.3, 0.4) is 0 Å². The predicted octanol–water partition coefficient (Wildman–Crippen LogP) is 0.482. The molecule has 1 aliphatic rings. The third kappa shape index (κ3) is 7.06. The van der Waals surface area contributed by atoms with Crippen LogP contribution in [0.2, 0.25) is 0 Å². The molecule has 166 valence electrons. The fourth-order valence-electron chi connectivity index (χ4n) is 2.80. The van der Waals surface area contributed by atoms with Crippen LogP contribution in [0.5, 0.6) is 0 Å². The van der Waals surface area contributed by atoms with Gasteiger partial charge >= 0.3 is 29.2 Å². The summed E-state index contributed by atoms with van der Waals surface area (Å²) in [6.07, 6.45) is 0.814. The maximum atomic E-state index is 12.0. The van der Waals surface area contributed by atoms with Crippen LogP contribution in [-0.2, 0) is 31.6 Å². The number of hydrogen-bond acceptors (Lipinski definition) is 10. The smallest absolute Gasteiger partial charge is 0.383 e. The summed E-state index contributed by atoms with van der Waals surface area (Å²) in [5.41, 5.74) is 3.54. The zero-order valence-corrected chi connectivity index (χ0v) is 17.8. The maximum Gasteiger partial charge on any atom is 0.490 e. The number of nitrogens with two attached hydrogens (primary N) is 1. The zero-order valence-electron chi connectivity index (χ0n) is 15.1. The van der Waals surface area contributed by atoms with Crippen molar-refractivity contribution >= 4 is 29.3 Å². The first-order valence-electron chi connectivity index (χ1n) is 7.82. The summed E-state index contributed by atoms with van der Waals surface area (Å²) in [5.74, 6) is -0.250. The molecule has 29 heavy (non-hydrogen) atoms. The number of phosphoric acid groups is 3. The average Bonchev–Trinajstić information content (AvgIpc) is 2.77. The third-order valence-corrected chi connectivity index (χ3v) is 7.50. The Morgan fingerprint density at radius 3 is 2.45 bits per heavy atom. The quantitative estimate of drug-likeness (QED) is 0.319. The lowest BCUT2D eigenvalue weighted by molar-refractivity contribution is -0.0912. The normalized spacial score (nSPS) is 29.3. The Morgan fingerprint density at radius 2 is 1.90 bits per heavy atom. The van der Waals surface area contributed by atoms with Crippen LogP contribution in [-0.4, -0.2) is 41.3 Å². The molecule has 0 spiro atoms. The molecule has 0 saturated carbocycles. The Kier molecular flexibility index (Phi) is 6.95. The molecule has 2 unspecified atom stereocenters. The van der Waals surface area contributed by atoms with Crippen LogP contribution in [0.1, 0.15) is 26.5 Å². The van der Waals surface area contributed by atoms with Crippen molar-refractivity contribution in [2.45, 2.75) is 32.1 Å². The Morgan fingerprint density at radius 1 is 1.28 bits per heavy atom. The van der Waals surface area contributed by atoms with E-state index in [-0.39, 0.29) is 18.2 Å². The summed E-state index contributed by atoms with van der Waals surface area (Å²) in [5, 5.41) is 0. The Labute approximate surface area is 163 Å². The molecule has 0 bridgehead atoms. The summed E-state index contributed by atoms with van der Waals surface area (Å²) in [4.78, 5) is 51.3. The van der Waals surface area contributed by atoms with Crippen molar-refractivity contribution in [2.24, 2.45) is 5.92 Å². The van der Waals surface area contributed by atoms with Gasteiger partial charge in [0, 0.05) is 12.1 Å². The number of nitrogen functional groups attached to an aromatic ring is 1. The van der Waals surface area contributed by atoms with Crippen LogP contribution in [0.25, 0.3) is 0 Å². The van der Waals surface area contributed by atoms with Gasteiger partial charge in [-0.1, -0.05) is 6.92 Å². The summed E-state index contributed by atoms with van der Waals surface area (Å²) in [6.45, 7) is 2.60. The van der Waals surface area contributed by atoms with Crippen LogP contribution >= 0.6 is 23.5 Å². The van der Waals surface area contributed by atoms with Crippen molar-refractivity contribution in [2.75, 3.05) is 12.3 Å². The molecule has 2 rings (SSSR count). The summed E-state index contributed by atoms with van der Waals surface area (Å²) in [6, 6.07) is 1.39. The van der Waals surface area contributed by atoms with Gasteiger partial charge in [-0.25, -0.2) is 18.5 Å². The highest BCUT2D eigenvalue weighted by molar-refractivity contribution is 7.66. The molecule has 15 nitrogen and oxygen atoms in total. The molecule has 5 atom stereocenters. The van der Waals surface area contributed by atoms with Crippen molar-refractivity contribution in [3.8, 4) is 0 Å². The van der Waals surface area contributed by atoms with Crippen molar-refractivity contribution < 1.29 is 51.2 Å². The van der Waals surface area contributed by atoms with Crippen molar-refractivity contribution in [3.63, 3.8) is 0 Å². The monoisotopic (exact) mass is 479 g/mol. The minimum absolute atomic E-state index is 0.0207. The van der Waals surface area contributed by atoms with E-state index in [2.05, 4.69) is 18.1 Å². The first kappa shape index (κ1) is 24.3. The van der Waals surface area contributed by atoms with E-state index < -0.39 is 47.6 Å². The highest BCUT2D eigenvalue weighted by Crippen LogP contribution is 2.66. The lowest BCUT2D eigenvalue weighted by Gasteiger charge is -2.26. The summed E-state index contributed by atoms with van der Waals surface area (Å²) in [7, 11) is -16.4. The van der Waals surface area contributed by atoms with E-state index in [1.807, 2.05) is 0 Å². The molecule has 0 amide bonds. The summed E-state index contributed by atoms with van der Waals surface area (Å²) < 4.78 is 52.7. The molecule has 1 saturated heterocycles. The topological polar surface area (TPSA) is 230 Å². The molecule has 0 aromatic carbocycles. The lowest BCUT2D eigenvalue weighted by Crippen LogP contribution is -2.33. The minimum Gasteiger partial charge on any atom is -0.383 e. The molecule has 6 N–H and O–H groups in total. The lowest BCUT2D eigenvalue weighted by atomic mass is 9.97. The van der Waals surface area contributed by atoms with E-state index >= 15 is 0 Å². The average molecular weight is 479 g/mol. The Hall–Kier alpha value is -0.950. The van der Waals surface area contributed by atoms with E-state index in [0.717, 1.165) is 0 Å². The second kappa shape index (κ2) is 8.29. The van der Waals surface area contributed by atoms with Gasteiger partial charge in [0.1, 0.15) is 12.0 Å². The number of aromatic nitrogens is 2. The van der Waals surface area contributed by atoms with E-state index in [0.29, 0.717) is 0 Å². The molecule has 2 heterocycles. The van der Waals surface area contributed by atoms with E-state index in [1.165, 1.54) is 23.8 Å². The SMILES string of the molecule is C[C@H]1C[C@@](C)(COP(=O)(O)OP(=O)(O)OP(=O)(O)O)O[C@H]1n1ccc(N)nc1=O. The van der Waals surface area contributed by atoms with Crippen LogP contribution in [0, 0.1) is 5.92 Å². The Bertz CT molecular complexity index is 962. The highest BCUT2D eigenvalue weighted by Gasteiger charge is 2.46. The van der Waals surface area contributed by atoms with E-state index in [4.69, 9.17) is 25.2 Å². The molecule has 1 aliphatic heterocycles. The van der Waals surface area contributed by atoms with Crippen molar-refractivity contribution in [1.82, 2.24) is 9.55 Å². The fraction of sp³-hybridized carbons (Fsp3) is 0.636. The first-order chi connectivity index (χ1) is 13.0. The molecule has 0 radical (unpaired) electrons. The number of anilines is 1. The molecule has 1 aromatic heterocycles. The fourth-order valence-corrected chi connectivity index (χ4v) is 5.93. The minimum atomic E-state index is -5.61. The number of rotatable bonds is 8. The molecule has 1 aromatic rings. The molecule has 0 aliphatic carbocycles. The highest BCUT2D eigenvalue weighted by atomic mass is 31.3. The number of phosphoric ester groups is 1. The van der Waals surface area contributed by atoms with Crippen molar-refractivity contribution in [1.29, 1.82) is 0 Å². The summed E-state index contributed by atoms with van der Waals surface area (Å²) >= 11 is 0. The second-order valence-electron chi connectivity index (χ2n) is 6.55. The van der Waals surface area contributed by atoms with E-state index in [9.17, 15) is 23.4 Å². The van der Waals surface area contributed by atoms with Gasteiger partial charge in [-0.05, 0) is 19.4 Å². The van der Waals surface area contributed by atoms with Crippen LogP contribution in [0.15, 0.2) is 17.1 Å². The van der Waals surface area contributed by atoms with Crippen molar-refractivity contribution in [3.05, 3.63) is 22.7 Å². The number of nitrogens with zero attached hydrogens (tertiary/aromatic N) is 2. The zero-order chi connectivity index (χ0) is 22.3. The van der Waals surface area contributed by atoms with E-state index in [1.54, 1.807) is 6.92 Å². The van der Waals surface area contributed by atoms with Crippen LogP contribution in [0.4, 0.5) is 5.82 Å². The molecule has 1 fully saturated rings. The number of hydrogen-bond donors (Lipinski definition) is 5. The van der Waals surface area contributed by atoms with Gasteiger partial charge in [-0.3, -0.25) is 9.09 Å². The second-order valence-corrected chi connectivity index (χ2v) is 11.0. The van der Waals surface area contributed by atoms with Crippen LogP contribution < -0.4 is 11.4 Å². The maximum absolute atomic E-state index is 12.0. The number of ether oxygens (including phenoxy) is 1. The van der Waals surface area contributed by atoms with Gasteiger partial charge in [0.2, 0.25) is 0 Å². The van der Waals surface area contributed by atoms with Gasteiger partial charge < -0.3 is 30.0 Å². The largest absolute Gasteiger partial charge is 0.490 e. The standard InChI is InChI=1S/C11H20N3O12P3/c1-7-5-11(2,24-9(7)14-4-3-8(12)13-10(14)15)6-23-28(19,20)26-29(21,22)25-27(16,17)18/h3-4,7,9H,5-6H2,1-2H3,(H,19,20)(H,21,22)(H2,12,13,15)(H2,16,17,18)/t7-,9+,11-/m0/s1. The van der Waals surface area contributed by atoms with Gasteiger partial charge in [0.25, 0.3) is 0 Å².